The van der Waals surface area contributed by atoms with Crippen molar-refractivity contribution >= 4 is 31.9 Å². The summed E-state index contributed by atoms with van der Waals surface area (Å²) in [5.41, 5.74) is 1.94. The number of methoxy groups -OCH3 is 1. The number of ether oxygens (including phenoxy) is 1. The van der Waals surface area contributed by atoms with E-state index >= 15 is 0 Å². The van der Waals surface area contributed by atoms with Crippen LogP contribution in [0.5, 0.6) is 5.75 Å². The minimum Gasteiger partial charge on any atom is -0.495 e. The highest BCUT2D eigenvalue weighted by Crippen LogP contribution is 2.33. The van der Waals surface area contributed by atoms with Gasteiger partial charge in [-0.1, -0.05) is 5.21 Å². The van der Waals surface area contributed by atoms with Crippen molar-refractivity contribution < 1.29 is 4.74 Å². The zero-order valence-electron chi connectivity index (χ0n) is 10.9. The number of benzene rings is 1. The van der Waals surface area contributed by atoms with E-state index in [0.717, 1.165) is 32.6 Å². The van der Waals surface area contributed by atoms with Gasteiger partial charge in [-0.3, -0.25) is 0 Å². The lowest BCUT2D eigenvalue weighted by atomic mass is 10.3. The molecule has 0 spiro atoms. The molecule has 1 N–H and O–H groups in total. The van der Waals surface area contributed by atoms with Crippen LogP contribution in [0.3, 0.4) is 0 Å². The predicted octanol–water partition coefficient (Wildman–Crippen LogP) is 3.05. The Morgan fingerprint density at radius 1 is 1.35 bits per heavy atom. The average molecular weight is 402 g/mol. The van der Waals surface area contributed by atoms with Crippen LogP contribution in [-0.4, -0.2) is 28.1 Å². The van der Waals surface area contributed by atoms with Crippen molar-refractivity contribution in [3.05, 3.63) is 33.0 Å². The second kappa shape index (κ2) is 5.83. The average Bonchev–Trinajstić information content (AvgIpc) is 3.15. The Morgan fingerprint density at radius 3 is 2.85 bits per heavy atom. The van der Waals surface area contributed by atoms with Gasteiger partial charge in [-0.2, -0.15) is 0 Å². The highest BCUT2D eigenvalue weighted by Gasteiger charge is 2.21. The van der Waals surface area contributed by atoms with Gasteiger partial charge in [-0.25, -0.2) is 4.68 Å². The summed E-state index contributed by atoms with van der Waals surface area (Å²) in [6.45, 7) is 0.766. The maximum Gasteiger partial charge on any atom is 0.135 e. The van der Waals surface area contributed by atoms with E-state index in [2.05, 4.69) is 47.5 Å². The predicted molar refractivity (Wildman–Crippen MR) is 83.2 cm³/mol. The van der Waals surface area contributed by atoms with Crippen LogP contribution in [0.2, 0.25) is 0 Å². The lowest BCUT2D eigenvalue weighted by molar-refractivity contribution is 0.411. The molecule has 1 saturated carbocycles. The smallest absolute Gasteiger partial charge is 0.135 e. The molecule has 7 heteroatoms. The van der Waals surface area contributed by atoms with Gasteiger partial charge >= 0.3 is 0 Å². The van der Waals surface area contributed by atoms with Gasteiger partial charge in [-0.15, -0.1) is 5.10 Å². The molecule has 1 heterocycles. The molecule has 0 unspecified atom stereocenters. The van der Waals surface area contributed by atoms with Crippen LogP contribution in [0.25, 0.3) is 5.69 Å². The third kappa shape index (κ3) is 2.89. The molecule has 1 aliphatic rings. The fourth-order valence-electron chi connectivity index (χ4n) is 1.95. The van der Waals surface area contributed by atoms with Crippen molar-refractivity contribution in [1.29, 1.82) is 0 Å². The first-order valence-electron chi connectivity index (χ1n) is 6.35. The van der Waals surface area contributed by atoms with Crippen LogP contribution in [-0.2, 0) is 6.54 Å². The molecule has 0 aliphatic heterocycles. The number of nitrogens with one attached hydrogen (secondary N) is 1. The van der Waals surface area contributed by atoms with Gasteiger partial charge in [0.2, 0.25) is 0 Å². The summed E-state index contributed by atoms with van der Waals surface area (Å²) in [5, 5.41) is 11.7. The number of hydrogen-bond donors (Lipinski definition) is 1. The van der Waals surface area contributed by atoms with Crippen LogP contribution in [0.15, 0.2) is 27.3 Å². The van der Waals surface area contributed by atoms with Gasteiger partial charge in [0.25, 0.3) is 0 Å². The minimum atomic E-state index is 0.654. The molecule has 1 aliphatic carbocycles. The number of nitrogens with zero attached hydrogens (tertiary/aromatic N) is 3. The van der Waals surface area contributed by atoms with Gasteiger partial charge in [0.05, 0.1) is 29.2 Å². The zero-order chi connectivity index (χ0) is 14.1. The van der Waals surface area contributed by atoms with Crippen molar-refractivity contribution in [2.24, 2.45) is 0 Å². The largest absolute Gasteiger partial charge is 0.495 e. The Kier molecular flexibility index (Phi) is 4.09. The van der Waals surface area contributed by atoms with Gasteiger partial charge in [0.15, 0.2) is 0 Å². The van der Waals surface area contributed by atoms with E-state index in [-0.39, 0.29) is 0 Å². The molecular weight excluding hydrogens is 388 g/mol. The highest BCUT2D eigenvalue weighted by atomic mass is 79.9. The molecule has 5 nitrogen and oxygen atoms in total. The number of rotatable bonds is 5. The summed E-state index contributed by atoms with van der Waals surface area (Å²) in [7, 11) is 1.65. The van der Waals surface area contributed by atoms with E-state index < -0.39 is 0 Å². The third-order valence-corrected chi connectivity index (χ3v) is 4.47. The Bertz CT molecular complexity index is 625. The Morgan fingerprint density at radius 2 is 2.15 bits per heavy atom. The fourth-order valence-corrected chi connectivity index (χ4v) is 3.28. The molecule has 2 aromatic rings. The van der Waals surface area contributed by atoms with Crippen molar-refractivity contribution in [3.8, 4) is 11.4 Å². The Balaban J connectivity index is 1.93. The summed E-state index contributed by atoms with van der Waals surface area (Å²) >= 11 is 7.03. The monoisotopic (exact) mass is 400 g/mol. The lowest BCUT2D eigenvalue weighted by Gasteiger charge is -2.12. The second-order valence-electron chi connectivity index (χ2n) is 4.73. The minimum absolute atomic E-state index is 0.654. The normalized spacial score (nSPS) is 14.6. The van der Waals surface area contributed by atoms with Crippen LogP contribution >= 0.6 is 31.9 Å². The molecule has 20 heavy (non-hydrogen) atoms. The van der Waals surface area contributed by atoms with Gasteiger partial charge in [0, 0.05) is 23.1 Å². The molecule has 0 saturated heterocycles. The topological polar surface area (TPSA) is 52.0 Å². The molecule has 1 aromatic heterocycles. The molecule has 0 amide bonds. The third-order valence-electron chi connectivity index (χ3n) is 3.22. The first kappa shape index (κ1) is 14.0. The summed E-state index contributed by atoms with van der Waals surface area (Å²) < 4.78 is 9.00. The maximum atomic E-state index is 5.34. The van der Waals surface area contributed by atoms with Crippen LogP contribution in [0, 0.1) is 0 Å². The number of hydrogen-bond acceptors (Lipinski definition) is 4. The van der Waals surface area contributed by atoms with E-state index in [0.29, 0.717) is 6.04 Å². The van der Waals surface area contributed by atoms with Crippen molar-refractivity contribution in [2.45, 2.75) is 25.4 Å². The van der Waals surface area contributed by atoms with E-state index in [1.54, 1.807) is 13.3 Å². The summed E-state index contributed by atoms with van der Waals surface area (Å²) in [6.07, 6.45) is 4.31. The molecule has 3 rings (SSSR count). The van der Waals surface area contributed by atoms with Gasteiger partial charge in [0.1, 0.15) is 5.75 Å². The summed E-state index contributed by atoms with van der Waals surface area (Å²) in [5.74, 6) is 0.764. The van der Waals surface area contributed by atoms with E-state index in [9.17, 15) is 0 Å². The molecule has 1 aromatic carbocycles. The molecule has 0 radical (unpaired) electrons. The fraction of sp³-hybridized carbons (Fsp3) is 0.385. The second-order valence-corrected chi connectivity index (χ2v) is 6.44. The van der Waals surface area contributed by atoms with Crippen molar-refractivity contribution in [1.82, 2.24) is 20.3 Å². The van der Waals surface area contributed by atoms with Crippen molar-refractivity contribution in [2.75, 3.05) is 7.11 Å². The molecule has 0 bridgehead atoms. The number of halogens is 2. The van der Waals surface area contributed by atoms with E-state index in [1.807, 2.05) is 16.8 Å². The van der Waals surface area contributed by atoms with Crippen molar-refractivity contribution in [3.63, 3.8) is 0 Å². The quantitative estimate of drug-likeness (QED) is 0.836. The van der Waals surface area contributed by atoms with Gasteiger partial charge in [-0.05, 0) is 50.8 Å². The van der Waals surface area contributed by atoms with Crippen LogP contribution in [0.1, 0.15) is 18.5 Å². The highest BCUT2D eigenvalue weighted by molar-refractivity contribution is 9.11. The summed E-state index contributed by atoms with van der Waals surface area (Å²) in [4.78, 5) is 0. The lowest BCUT2D eigenvalue weighted by Crippen LogP contribution is -2.18. The van der Waals surface area contributed by atoms with E-state index in [4.69, 9.17) is 4.74 Å². The molecule has 0 atom stereocenters. The first-order chi connectivity index (χ1) is 9.69. The zero-order valence-corrected chi connectivity index (χ0v) is 14.1. The van der Waals surface area contributed by atoms with Gasteiger partial charge < -0.3 is 10.1 Å². The Hall–Kier alpha value is -0.920. The molecule has 106 valence electrons. The Labute approximate surface area is 134 Å². The first-order valence-corrected chi connectivity index (χ1v) is 7.94. The maximum absolute atomic E-state index is 5.34. The SMILES string of the molecule is COc1cc(-n2nncc2CNC2CC2)c(Br)cc1Br. The standard InChI is InChI=1S/C13H14Br2N4O/c1-20-13-5-12(10(14)4-11(13)15)19-9(7-17-18-19)6-16-8-2-3-8/h4-5,7-8,16H,2-3,6H2,1H3. The number of aromatic nitrogens is 3. The molecular formula is C13H14Br2N4O. The van der Waals surface area contributed by atoms with E-state index in [1.165, 1.54) is 12.8 Å². The van der Waals surface area contributed by atoms with Crippen LogP contribution in [0.4, 0.5) is 0 Å². The summed E-state index contributed by atoms with van der Waals surface area (Å²) in [6, 6.07) is 4.54. The van der Waals surface area contributed by atoms with Crippen LogP contribution < -0.4 is 10.1 Å². The molecule has 1 fully saturated rings.